The molecule has 6 nitrogen and oxygen atoms in total. The van der Waals surface area contributed by atoms with Crippen LogP contribution in [-0.4, -0.2) is 67.6 Å². The molecule has 2 rings (SSSR count). The van der Waals surface area contributed by atoms with Crippen molar-refractivity contribution in [2.45, 2.75) is 32.7 Å². The lowest BCUT2D eigenvalue weighted by molar-refractivity contribution is -0.139. The first kappa shape index (κ1) is 16.2. The summed E-state index contributed by atoms with van der Waals surface area (Å²) in [6, 6.07) is 0.130. The van der Waals surface area contributed by atoms with Gasteiger partial charge in [0.2, 0.25) is 11.8 Å². The first-order valence-electron chi connectivity index (χ1n) is 7.66. The highest BCUT2D eigenvalue weighted by atomic mass is 16.5. The van der Waals surface area contributed by atoms with Gasteiger partial charge in [0.1, 0.15) is 0 Å². The second-order valence-corrected chi connectivity index (χ2v) is 6.88. The fourth-order valence-corrected chi connectivity index (χ4v) is 3.18. The highest BCUT2D eigenvalue weighted by molar-refractivity contribution is 5.89. The van der Waals surface area contributed by atoms with E-state index in [1.54, 1.807) is 12.0 Å². The minimum absolute atomic E-state index is 0.0540. The van der Waals surface area contributed by atoms with Gasteiger partial charge in [-0.1, -0.05) is 13.8 Å². The number of rotatable bonds is 4. The largest absolute Gasteiger partial charge is 0.383 e. The average molecular weight is 297 g/mol. The molecule has 0 spiro atoms. The van der Waals surface area contributed by atoms with Gasteiger partial charge in [-0.15, -0.1) is 0 Å². The zero-order valence-corrected chi connectivity index (χ0v) is 13.3. The maximum Gasteiger partial charge on any atom is 0.228 e. The zero-order chi connectivity index (χ0) is 15.6. The number of ether oxygens (including phenoxy) is 1. The van der Waals surface area contributed by atoms with Gasteiger partial charge >= 0.3 is 0 Å². The summed E-state index contributed by atoms with van der Waals surface area (Å²) in [6.07, 6.45) is 1.15. The number of carbonyl (C=O) groups excluding carboxylic acids is 2. The molecule has 0 aliphatic carbocycles. The van der Waals surface area contributed by atoms with E-state index in [2.05, 4.69) is 13.8 Å². The number of hydrogen-bond donors (Lipinski definition) is 1. The molecule has 2 heterocycles. The van der Waals surface area contributed by atoms with Crippen molar-refractivity contribution in [1.29, 1.82) is 0 Å². The van der Waals surface area contributed by atoms with Gasteiger partial charge in [0.25, 0.3) is 0 Å². The van der Waals surface area contributed by atoms with Gasteiger partial charge in [0.05, 0.1) is 12.5 Å². The van der Waals surface area contributed by atoms with Crippen molar-refractivity contribution >= 4 is 11.8 Å². The molecule has 2 fully saturated rings. The Balaban J connectivity index is 1.94. The molecule has 0 aromatic carbocycles. The molecule has 6 heteroatoms. The molecular weight excluding hydrogens is 270 g/mol. The number of carbonyl (C=O) groups is 2. The Bertz CT molecular complexity index is 411. The number of nitrogens with two attached hydrogens (primary N) is 1. The molecule has 0 bridgehead atoms. The van der Waals surface area contributed by atoms with E-state index in [1.165, 1.54) is 0 Å². The molecule has 2 N–H and O–H groups in total. The lowest BCUT2D eigenvalue weighted by Gasteiger charge is -2.43. The van der Waals surface area contributed by atoms with Crippen LogP contribution >= 0.6 is 0 Å². The standard InChI is InChI=1S/C15H27N3O3/c1-15(2)10-18(5-4-12(15)16)14(20)11-8-13(19)17(9-11)6-7-21-3/h11-12H,4-10,16H2,1-3H3. The van der Waals surface area contributed by atoms with E-state index in [-0.39, 0.29) is 29.2 Å². The number of likely N-dealkylation sites (tertiary alicyclic amines) is 2. The fourth-order valence-electron chi connectivity index (χ4n) is 3.18. The number of nitrogens with zero attached hydrogens (tertiary/aromatic N) is 2. The van der Waals surface area contributed by atoms with E-state index in [9.17, 15) is 9.59 Å². The van der Waals surface area contributed by atoms with E-state index in [1.807, 2.05) is 4.90 Å². The summed E-state index contributed by atoms with van der Waals surface area (Å²) in [4.78, 5) is 28.2. The van der Waals surface area contributed by atoms with E-state index in [0.29, 0.717) is 39.2 Å². The van der Waals surface area contributed by atoms with Crippen LogP contribution in [0.15, 0.2) is 0 Å². The Kier molecular flexibility index (Phi) is 4.88. The molecule has 2 unspecified atom stereocenters. The monoisotopic (exact) mass is 297 g/mol. The third kappa shape index (κ3) is 3.55. The molecule has 2 amide bonds. The van der Waals surface area contributed by atoms with E-state index in [0.717, 1.165) is 6.42 Å². The number of amides is 2. The van der Waals surface area contributed by atoms with E-state index >= 15 is 0 Å². The van der Waals surface area contributed by atoms with E-state index < -0.39 is 0 Å². The van der Waals surface area contributed by atoms with Gasteiger partial charge in [-0.25, -0.2) is 0 Å². The topological polar surface area (TPSA) is 75.9 Å². The first-order chi connectivity index (χ1) is 9.85. The molecule has 0 radical (unpaired) electrons. The normalized spacial score (nSPS) is 29.0. The van der Waals surface area contributed by atoms with Crippen LogP contribution in [0.1, 0.15) is 26.7 Å². The predicted octanol–water partition coefficient (Wildman–Crippen LogP) is 0.0671. The van der Waals surface area contributed by atoms with Crippen molar-refractivity contribution < 1.29 is 14.3 Å². The van der Waals surface area contributed by atoms with Crippen LogP contribution in [0, 0.1) is 11.3 Å². The minimum atomic E-state index is -0.209. The van der Waals surface area contributed by atoms with Crippen molar-refractivity contribution in [3.63, 3.8) is 0 Å². The molecule has 120 valence electrons. The van der Waals surface area contributed by atoms with Gasteiger partial charge in [-0.3, -0.25) is 9.59 Å². The summed E-state index contributed by atoms with van der Waals surface area (Å²) in [5.41, 5.74) is 6.05. The summed E-state index contributed by atoms with van der Waals surface area (Å²) in [7, 11) is 1.61. The molecule has 0 aromatic rings. The second kappa shape index (κ2) is 6.32. The van der Waals surface area contributed by atoms with Crippen molar-refractivity contribution in [3.8, 4) is 0 Å². The lowest BCUT2D eigenvalue weighted by atomic mass is 9.79. The van der Waals surface area contributed by atoms with Crippen LogP contribution < -0.4 is 5.73 Å². The van der Waals surface area contributed by atoms with Crippen molar-refractivity contribution in [2.75, 3.05) is 39.9 Å². The van der Waals surface area contributed by atoms with Crippen LogP contribution in [0.25, 0.3) is 0 Å². The third-order valence-electron chi connectivity index (χ3n) is 4.75. The van der Waals surface area contributed by atoms with Crippen LogP contribution in [0.3, 0.4) is 0 Å². The van der Waals surface area contributed by atoms with Crippen molar-refractivity contribution in [1.82, 2.24) is 9.80 Å². The molecule has 0 aromatic heterocycles. The van der Waals surface area contributed by atoms with E-state index in [4.69, 9.17) is 10.5 Å². The average Bonchev–Trinajstić information content (AvgIpc) is 2.80. The van der Waals surface area contributed by atoms with Crippen LogP contribution in [0.4, 0.5) is 0 Å². The highest BCUT2D eigenvalue weighted by Crippen LogP contribution is 2.30. The Morgan fingerprint density at radius 3 is 2.81 bits per heavy atom. The number of hydrogen-bond acceptors (Lipinski definition) is 4. The lowest BCUT2D eigenvalue weighted by Crippen LogP contribution is -2.55. The molecule has 0 saturated carbocycles. The van der Waals surface area contributed by atoms with Gasteiger partial charge in [-0.05, 0) is 11.8 Å². The first-order valence-corrected chi connectivity index (χ1v) is 7.66. The van der Waals surface area contributed by atoms with Crippen LogP contribution in [0.2, 0.25) is 0 Å². The third-order valence-corrected chi connectivity index (χ3v) is 4.75. The predicted molar refractivity (Wildman–Crippen MR) is 79.5 cm³/mol. The SMILES string of the molecule is COCCN1CC(C(=O)N2CCC(N)C(C)(C)C2)CC1=O. The number of methoxy groups -OCH3 is 1. The fraction of sp³-hybridized carbons (Fsp3) is 0.867. The maximum absolute atomic E-state index is 12.6. The molecule has 21 heavy (non-hydrogen) atoms. The molecule has 2 aliphatic rings. The van der Waals surface area contributed by atoms with Gasteiger partial charge in [0.15, 0.2) is 0 Å². The van der Waals surface area contributed by atoms with Gasteiger partial charge in [0, 0.05) is 45.8 Å². The van der Waals surface area contributed by atoms with Gasteiger partial charge in [-0.2, -0.15) is 0 Å². The Hall–Kier alpha value is -1.14. The highest BCUT2D eigenvalue weighted by Gasteiger charge is 2.40. The Morgan fingerprint density at radius 2 is 2.19 bits per heavy atom. The molecule has 2 atom stereocenters. The smallest absolute Gasteiger partial charge is 0.228 e. The zero-order valence-electron chi connectivity index (χ0n) is 13.3. The Morgan fingerprint density at radius 1 is 1.48 bits per heavy atom. The summed E-state index contributed by atoms with van der Waals surface area (Å²) >= 11 is 0. The second-order valence-electron chi connectivity index (χ2n) is 6.88. The summed E-state index contributed by atoms with van der Waals surface area (Å²) in [5, 5.41) is 0. The van der Waals surface area contributed by atoms with Gasteiger partial charge < -0.3 is 20.3 Å². The van der Waals surface area contributed by atoms with Crippen molar-refractivity contribution in [2.24, 2.45) is 17.1 Å². The summed E-state index contributed by atoms with van der Waals surface area (Å²) in [6.45, 7) is 7.17. The molecular formula is C15H27N3O3. The van der Waals surface area contributed by atoms with Crippen LogP contribution in [-0.2, 0) is 14.3 Å². The van der Waals surface area contributed by atoms with Crippen LogP contribution in [0.5, 0.6) is 0 Å². The maximum atomic E-state index is 12.6. The Labute approximate surface area is 126 Å². The summed E-state index contributed by atoms with van der Waals surface area (Å²) < 4.78 is 5.00. The quantitative estimate of drug-likeness (QED) is 0.796. The summed E-state index contributed by atoms with van der Waals surface area (Å²) in [5.74, 6) is -0.0545. The molecule has 2 saturated heterocycles. The minimum Gasteiger partial charge on any atom is -0.383 e. The molecule has 2 aliphatic heterocycles. The van der Waals surface area contributed by atoms with Crippen molar-refractivity contribution in [3.05, 3.63) is 0 Å². The number of piperidine rings is 1.